The van der Waals surface area contributed by atoms with Crippen molar-refractivity contribution in [3.8, 4) is 5.75 Å². The Balaban J connectivity index is 2.12. The van der Waals surface area contributed by atoms with Crippen molar-refractivity contribution in [3.05, 3.63) is 29.5 Å². The number of rotatable bonds is 6. The molecule has 5 nitrogen and oxygen atoms in total. The highest BCUT2D eigenvalue weighted by molar-refractivity contribution is 7.99. The van der Waals surface area contributed by atoms with Crippen molar-refractivity contribution in [2.24, 2.45) is 0 Å². The highest BCUT2D eigenvalue weighted by atomic mass is 35.5. The number of halogens is 1. The summed E-state index contributed by atoms with van der Waals surface area (Å²) < 4.78 is 5.12. The van der Waals surface area contributed by atoms with E-state index in [1.165, 1.54) is 11.8 Å². The third-order valence-electron chi connectivity index (χ3n) is 2.39. The smallest absolute Gasteiger partial charge is 0.228 e. The molecule has 7 heteroatoms. The first-order valence-electron chi connectivity index (χ1n) is 6.18. The van der Waals surface area contributed by atoms with Gasteiger partial charge in [-0.15, -0.1) is 0 Å². The Hall–Kier alpha value is -1.53. The van der Waals surface area contributed by atoms with Crippen molar-refractivity contribution in [3.63, 3.8) is 0 Å². The number of benzene rings is 1. The molecule has 0 spiro atoms. The van der Waals surface area contributed by atoms with Crippen LogP contribution >= 0.6 is 23.4 Å². The Morgan fingerprint density at radius 2 is 1.95 bits per heavy atom. The van der Waals surface area contributed by atoms with Gasteiger partial charge >= 0.3 is 0 Å². The summed E-state index contributed by atoms with van der Waals surface area (Å²) in [6, 6.07) is 7.67. The van der Waals surface area contributed by atoms with Crippen molar-refractivity contribution >= 4 is 29.3 Å². The summed E-state index contributed by atoms with van der Waals surface area (Å²) in [5.74, 6) is 1.32. The van der Waals surface area contributed by atoms with Crippen LogP contribution in [0.5, 0.6) is 5.75 Å². The molecule has 2 aromatic rings. The first-order valence-corrected chi connectivity index (χ1v) is 7.38. The SMILES string of the molecule is CCCNc1nc(Cl)nc(Sc2ccc(OC)cc2)n1. The zero-order valence-corrected chi connectivity index (χ0v) is 12.8. The number of nitrogens with zero attached hydrogens (tertiary/aromatic N) is 3. The molecule has 0 saturated carbocycles. The van der Waals surface area contributed by atoms with Crippen LogP contribution in [0.15, 0.2) is 34.3 Å². The van der Waals surface area contributed by atoms with Gasteiger partial charge in [0.25, 0.3) is 0 Å². The molecule has 106 valence electrons. The van der Waals surface area contributed by atoms with Crippen LogP contribution in [0.2, 0.25) is 5.28 Å². The van der Waals surface area contributed by atoms with Gasteiger partial charge in [0.05, 0.1) is 7.11 Å². The minimum Gasteiger partial charge on any atom is -0.497 e. The molecule has 0 aliphatic carbocycles. The Labute approximate surface area is 127 Å². The van der Waals surface area contributed by atoms with Crippen molar-refractivity contribution in [2.75, 3.05) is 19.0 Å². The molecular weight excluding hydrogens is 296 g/mol. The van der Waals surface area contributed by atoms with Crippen LogP contribution in [-0.4, -0.2) is 28.6 Å². The molecule has 0 amide bonds. The summed E-state index contributed by atoms with van der Waals surface area (Å²) in [6.07, 6.45) is 0.990. The van der Waals surface area contributed by atoms with Crippen molar-refractivity contribution in [1.82, 2.24) is 15.0 Å². The van der Waals surface area contributed by atoms with Gasteiger partial charge in [-0.05, 0) is 54.0 Å². The van der Waals surface area contributed by atoms with Crippen LogP contribution in [-0.2, 0) is 0 Å². The average molecular weight is 311 g/mol. The number of hydrogen-bond acceptors (Lipinski definition) is 6. The van der Waals surface area contributed by atoms with E-state index in [0.717, 1.165) is 23.6 Å². The lowest BCUT2D eigenvalue weighted by Gasteiger charge is -2.06. The van der Waals surface area contributed by atoms with Crippen LogP contribution in [0.25, 0.3) is 0 Å². The molecule has 1 aromatic heterocycles. The maximum atomic E-state index is 5.91. The Morgan fingerprint density at radius 3 is 2.60 bits per heavy atom. The average Bonchev–Trinajstić information content (AvgIpc) is 2.45. The fourth-order valence-corrected chi connectivity index (χ4v) is 2.40. The molecule has 20 heavy (non-hydrogen) atoms. The van der Waals surface area contributed by atoms with Crippen molar-refractivity contribution < 1.29 is 4.74 Å². The summed E-state index contributed by atoms with van der Waals surface area (Å²) in [5.41, 5.74) is 0. The highest BCUT2D eigenvalue weighted by Crippen LogP contribution is 2.27. The number of ether oxygens (including phenoxy) is 1. The molecule has 0 aliphatic heterocycles. The quantitative estimate of drug-likeness (QED) is 0.881. The topological polar surface area (TPSA) is 59.9 Å². The molecule has 1 heterocycles. The second kappa shape index (κ2) is 7.31. The Morgan fingerprint density at radius 1 is 1.20 bits per heavy atom. The van der Waals surface area contributed by atoms with Crippen LogP contribution < -0.4 is 10.1 Å². The molecular formula is C13H15ClN4OS. The number of anilines is 1. The largest absolute Gasteiger partial charge is 0.497 e. The molecule has 0 atom stereocenters. The monoisotopic (exact) mass is 310 g/mol. The Kier molecular flexibility index (Phi) is 5.43. The predicted molar refractivity (Wildman–Crippen MR) is 80.7 cm³/mol. The fraction of sp³-hybridized carbons (Fsp3) is 0.308. The third-order valence-corrected chi connectivity index (χ3v) is 3.43. The van der Waals surface area contributed by atoms with E-state index in [-0.39, 0.29) is 5.28 Å². The molecule has 0 radical (unpaired) electrons. The lowest BCUT2D eigenvalue weighted by molar-refractivity contribution is 0.414. The first kappa shape index (κ1) is 14.9. The van der Waals surface area contributed by atoms with E-state index in [1.54, 1.807) is 7.11 Å². The van der Waals surface area contributed by atoms with Gasteiger partial charge in [-0.25, -0.2) is 0 Å². The number of nitrogens with one attached hydrogen (secondary N) is 1. The molecule has 0 bridgehead atoms. The van der Waals surface area contributed by atoms with Crippen molar-refractivity contribution in [1.29, 1.82) is 0 Å². The predicted octanol–water partition coefficient (Wildman–Crippen LogP) is 3.51. The normalized spacial score (nSPS) is 10.3. The molecule has 1 aromatic carbocycles. The third kappa shape index (κ3) is 4.25. The van der Waals surface area contributed by atoms with E-state index >= 15 is 0 Å². The van der Waals surface area contributed by atoms with Crippen molar-refractivity contribution in [2.45, 2.75) is 23.4 Å². The van der Waals surface area contributed by atoms with Gasteiger partial charge in [-0.1, -0.05) is 6.92 Å². The lowest BCUT2D eigenvalue weighted by Crippen LogP contribution is -2.06. The standard InChI is InChI=1S/C13H15ClN4OS/c1-3-8-15-12-16-11(14)17-13(18-12)20-10-6-4-9(19-2)5-7-10/h4-7H,3,8H2,1-2H3,(H,15,16,17,18). The van der Waals surface area contributed by atoms with E-state index in [1.807, 2.05) is 24.3 Å². The van der Waals surface area contributed by atoms with Gasteiger partial charge in [0.1, 0.15) is 5.75 Å². The van der Waals surface area contributed by atoms with E-state index in [0.29, 0.717) is 11.1 Å². The van der Waals surface area contributed by atoms with E-state index in [2.05, 4.69) is 27.2 Å². The lowest BCUT2D eigenvalue weighted by atomic mass is 10.3. The zero-order valence-electron chi connectivity index (χ0n) is 11.3. The minimum atomic E-state index is 0.189. The fourth-order valence-electron chi connectivity index (χ4n) is 1.44. The number of aromatic nitrogens is 3. The number of hydrogen-bond donors (Lipinski definition) is 1. The summed E-state index contributed by atoms with van der Waals surface area (Å²) in [6.45, 7) is 2.87. The Bertz CT molecular complexity index is 565. The van der Waals surface area contributed by atoms with E-state index in [9.17, 15) is 0 Å². The molecule has 0 fully saturated rings. The maximum absolute atomic E-state index is 5.91. The molecule has 0 saturated heterocycles. The van der Waals surface area contributed by atoms with E-state index < -0.39 is 0 Å². The van der Waals surface area contributed by atoms with Gasteiger partial charge in [-0.2, -0.15) is 15.0 Å². The molecule has 2 rings (SSSR count). The van der Waals surface area contributed by atoms with Gasteiger partial charge in [-0.3, -0.25) is 0 Å². The second-order valence-corrected chi connectivity index (χ2v) is 5.29. The van der Waals surface area contributed by atoms with Gasteiger partial charge in [0.2, 0.25) is 11.2 Å². The summed E-state index contributed by atoms with van der Waals surface area (Å²) in [7, 11) is 1.64. The molecule has 0 unspecified atom stereocenters. The van der Waals surface area contributed by atoms with E-state index in [4.69, 9.17) is 16.3 Å². The maximum Gasteiger partial charge on any atom is 0.228 e. The molecule has 1 N–H and O–H groups in total. The summed E-state index contributed by atoms with van der Waals surface area (Å²) in [4.78, 5) is 13.5. The highest BCUT2D eigenvalue weighted by Gasteiger charge is 2.06. The second-order valence-electron chi connectivity index (χ2n) is 3.91. The zero-order chi connectivity index (χ0) is 14.4. The van der Waals surface area contributed by atoms with Crippen LogP contribution in [0.4, 0.5) is 5.95 Å². The first-order chi connectivity index (χ1) is 9.71. The van der Waals surface area contributed by atoms with Gasteiger partial charge < -0.3 is 10.1 Å². The van der Waals surface area contributed by atoms with Crippen LogP contribution in [0, 0.1) is 0 Å². The van der Waals surface area contributed by atoms with Gasteiger partial charge in [0.15, 0.2) is 5.16 Å². The summed E-state index contributed by atoms with van der Waals surface area (Å²) >= 11 is 7.33. The van der Waals surface area contributed by atoms with Crippen LogP contribution in [0.1, 0.15) is 13.3 Å². The minimum absolute atomic E-state index is 0.189. The number of methoxy groups -OCH3 is 1. The molecule has 0 aliphatic rings. The van der Waals surface area contributed by atoms with Crippen LogP contribution in [0.3, 0.4) is 0 Å². The van der Waals surface area contributed by atoms with Gasteiger partial charge in [0, 0.05) is 11.4 Å². The summed E-state index contributed by atoms with van der Waals surface area (Å²) in [5, 5.41) is 3.85.